The van der Waals surface area contributed by atoms with Crippen molar-refractivity contribution in [1.29, 1.82) is 0 Å². The fourth-order valence-electron chi connectivity index (χ4n) is 4.04. The molecule has 208 valence electrons. The summed E-state index contributed by atoms with van der Waals surface area (Å²) in [7, 11) is -4.11. The number of rotatable bonds is 12. The Bertz CT molecular complexity index is 1380. The van der Waals surface area contributed by atoms with Crippen LogP contribution in [0.5, 0.6) is 0 Å². The van der Waals surface area contributed by atoms with Crippen LogP contribution in [0.1, 0.15) is 25.0 Å². The van der Waals surface area contributed by atoms with Gasteiger partial charge in [0.1, 0.15) is 24.2 Å². The van der Waals surface area contributed by atoms with Gasteiger partial charge in [-0.25, -0.2) is 17.2 Å². The molecule has 0 fully saturated rings. The van der Waals surface area contributed by atoms with E-state index in [1.165, 1.54) is 41.3 Å². The van der Waals surface area contributed by atoms with E-state index in [0.29, 0.717) is 10.8 Å². The number of para-hydroxylation sites is 1. The Morgan fingerprint density at radius 1 is 0.872 bits per heavy atom. The van der Waals surface area contributed by atoms with Gasteiger partial charge in [0.05, 0.1) is 11.9 Å². The predicted octanol–water partition coefficient (Wildman–Crippen LogP) is 4.14. The first-order chi connectivity index (χ1) is 18.5. The number of carbonyl (C=O) groups excluding carboxylic acids is 2. The molecular weight excluding hydrogens is 524 g/mol. The molecule has 0 aliphatic heterocycles. The van der Waals surface area contributed by atoms with Crippen LogP contribution in [0.25, 0.3) is 0 Å². The third kappa shape index (κ3) is 8.35. The van der Waals surface area contributed by atoms with Gasteiger partial charge in [0.2, 0.25) is 21.8 Å². The number of carbonyl (C=O) groups is 2. The summed E-state index contributed by atoms with van der Waals surface area (Å²) in [6, 6.07) is 19.0. The summed E-state index contributed by atoms with van der Waals surface area (Å²) in [6.07, 6.45) is 0.967. The fraction of sp³-hybridized carbons (Fsp3) is 0.310. The number of hydrogen-bond acceptors (Lipinski definition) is 4. The second kappa shape index (κ2) is 13.3. The highest BCUT2D eigenvalue weighted by Crippen LogP contribution is 2.23. The van der Waals surface area contributed by atoms with E-state index in [1.807, 2.05) is 19.9 Å². The van der Waals surface area contributed by atoms with Crippen LogP contribution in [0.3, 0.4) is 0 Å². The molecule has 0 radical (unpaired) electrons. The Balaban J connectivity index is 2.06. The van der Waals surface area contributed by atoms with Gasteiger partial charge in [-0.3, -0.25) is 13.9 Å². The van der Waals surface area contributed by atoms with Gasteiger partial charge >= 0.3 is 0 Å². The van der Waals surface area contributed by atoms with Gasteiger partial charge < -0.3 is 10.2 Å². The van der Waals surface area contributed by atoms with Crippen molar-refractivity contribution >= 4 is 27.5 Å². The van der Waals surface area contributed by atoms with Crippen LogP contribution in [0.15, 0.2) is 78.9 Å². The Morgan fingerprint density at radius 3 is 2.05 bits per heavy atom. The van der Waals surface area contributed by atoms with Crippen LogP contribution in [0.2, 0.25) is 0 Å². The first-order valence-corrected chi connectivity index (χ1v) is 14.4. The quantitative estimate of drug-likeness (QED) is 0.363. The molecule has 3 aromatic carbocycles. The van der Waals surface area contributed by atoms with Crippen molar-refractivity contribution in [2.45, 2.75) is 32.9 Å². The SMILES string of the molecule is CC(C)CNC(=O)C(Cc1ccccc1)N(Cc1ccccc1F)C(=O)CN(c1ccccc1F)S(C)(=O)=O. The van der Waals surface area contributed by atoms with Crippen molar-refractivity contribution in [1.82, 2.24) is 10.2 Å². The van der Waals surface area contributed by atoms with Gasteiger partial charge in [-0.1, -0.05) is 74.5 Å². The summed E-state index contributed by atoms with van der Waals surface area (Å²) in [5.74, 6) is -2.53. The van der Waals surface area contributed by atoms with E-state index < -0.39 is 46.1 Å². The molecule has 10 heteroatoms. The summed E-state index contributed by atoms with van der Waals surface area (Å²) in [5, 5.41) is 2.84. The average molecular weight is 558 g/mol. The Hall–Kier alpha value is -3.79. The molecule has 0 saturated heterocycles. The molecule has 3 rings (SSSR count). The van der Waals surface area contributed by atoms with Gasteiger partial charge in [-0.15, -0.1) is 0 Å². The van der Waals surface area contributed by atoms with Crippen LogP contribution >= 0.6 is 0 Å². The fourth-order valence-corrected chi connectivity index (χ4v) is 4.89. The molecule has 1 unspecified atom stereocenters. The molecule has 0 aliphatic carbocycles. The van der Waals surface area contributed by atoms with E-state index in [2.05, 4.69) is 5.32 Å². The zero-order valence-electron chi connectivity index (χ0n) is 22.2. The topological polar surface area (TPSA) is 86.8 Å². The number of halogens is 2. The maximum atomic E-state index is 14.7. The summed E-state index contributed by atoms with van der Waals surface area (Å²) >= 11 is 0. The number of amides is 2. The lowest BCUT2D eigenvalue weighted by Crippen LogP contribution is -2.53. The van der Waals surface area contributed by atoms with Gasteiger partial charge in [0.25, 0.3) is 0 Å². The summed E-state index contributed by atoms with van der Waals surface area (Å²) in [6.45, 7) is 3.11. The van der Waals surface area contributed by atoms with Gasteiger partial charge in [-0.2, -0.15) is 0 Å². The van der Waals surface area contributed by atoms with Crippen molar-refractivity contribution in [3.63, 3.8) is 0 Å². The molecule has 1 N–H and O–H groups in total. The molecule has 39 heavy (non-hydrogen) atoms. The monoisotopic (exact) mass is 557 g/mol. The van der Waals surface area contributed by atoms with Crippen molar-refractivity contribution in [3.8, 4) is 0 Å². The summed E-state index contributed by atoms with van der Waals surface area (Å²) in [4.78, 5) is 28.5. The third-order valence-corrected chi connectivity index (χ3v) is 7.18. The highest BCUT2D eigenvalue weighted by atomic mass is 32.2. The zero-order valence-corrected chi connectivity index (χ0v) is 23.0. The Morgan fingerprint density at radius 2 is 1.46 bits per heavy atom. The minimum Gasteiger partial charge on any atom is -0.354 e. The maximum Gasteiger partial charge on any atom is 0.244 e. The minimum atomic E-state index is -4.11. The van der Waals surface area contributed by atoms with Crippen LogP contribution in [-0.4, -0.2) is 50.5 Å². The van der Waals surface area contributed by atoms with E-state index in [1.54, 1.807) is 30.3 Å². The Labute approximate surface area is 228 Å². The second-order valence-electron chi connectivity index (χ2n) is 9.68. The highest BCUT2D eigenvalue weighted by Gasteiger charge is 2.34. The van der Waals surface area contributed by atoms with Crippen LogP contribution < -0.4 is 9.62 Å². The average Bonchev–Trinajstić information content (AvgIpc) is 2.89. The lowest BCUT2D eigenvalue weighted by Gasteiger charge is -2.33. The molecule has 0 aromatic heterocycles. The van der Waals surface area contributed by atoms with E-state index >= 15 is 0 Å². The van der Waals surface area contributed by atoms with Gasteiger partial charge in [-0.05, 0) is 29.7 Å². The molecule has 0 heterocycles. The predicted molar refractivity (Wildman–Crippen MR) is 147 cm³/mol. The summed E-state index contributed by atoms with van der Waals surface area (Å²) in [5.41, 5.74) is 0.600. The van der Waals surface area contributed by atoms with Crippen LogP contribution in [0, 0.1) is 17.6 Å². The molecule has 2 amide bonds. The lowest BCUT2D eigenvalue weighted by molar-refractivity contribution is -0.140. The van der Waals surface area contributed by atoms with E-state index in [-0.39, 0.29) is 30.1 Å². The molecule has 0 bridgehead atoms. The summed E-state index contributed by atoms with van der Waals surface area (Å²) < 4.78 is 55.4. The van der Waals surface area contributed by atoms with Crippen molar-refractivity contribution < 1.29 is 26.8 Å². The second-order valence-corrected chi connectivity index (χ2v) is 11.6. The molecule has 0 aliphatic rings. The lowest BCUT2D eigenvalue weighted by atomic mass is 10.0. The Kier molecular flexibility index (Phi) is 10.2. The van der Waals surface area contributed by atoms with Gasteiger partial charge in [0, 0.05) is 25.1 Å². The number of hydrogen-bond donors (Lipinski definition) is 1. The number of benzene rings is 3. The number of nitrogens with zero attached hydrogens (tertiary/aromatic N) is 2. The van der Waals surface area contributed by atoms with Crippen molar-refractivity contribution in [2.24, 2.45) is 5.92 Å². The third-order valence-electron chi connectivity index (χ3n) is 6.05. The van der Waals surface area contributed by atoms with Crippen molar-refractivity contribution in [2.75, 3.05) is 23.7 Å². The molecule has 7 nitrogen and oxygen atoms in total. The van der Waals surface area contributed by atoms with Gasteiger partial charge in [0.15, 0.2) is 0 Å². The molecular formula is C29H33F2N3O4S. The minimum absolute atomic E-state index is 0.101. The standard InChI is InChI=1S/C29H33F2N3O4S/c1-21(2)18-32-29(36)27(17-22-11-5-4-6-12-22)33(19-23-13-7-8-14-24(23)30)28(35)20-34(39(3,37)38)26-16-10-9-15-25(26)31/h4-16,21,27H,17-20H2,1-3H3,(H,32,36). The number of sulfonamides is 1. The van der Waals surface area contributed by atoms with Crippen LogP contribution in [0.4, 0.5) is 14.5 Å². The van der Waals surface area contributed by atoms with E-state index in [0.717, 1.165) is 17.9 Å². The van der Waals surface area contributed by atoms with Crippen molar-refractivity contribution in [3.05, 3.63) is 102 Å². The molecule has 3 aromatic rings. The number of nitrogens with one attached hydrogen (secondary N) is 1. The zero-order chi connectivity index (χ0) is 28.6. The largest absolute Gasteiger partial charge is 0.354 e. The smallest absolute Gasteiger partial charge is 0.244 e. The molecule has 1 atom stereocenters. The highest BCUT2D eigenvalue weighted by molar-refractivity contribution is 7.92. The number of anilines is 1. The van der Waals surface area contributed by atoms with E-state index in [9.17, 15) is 26.8 Å². The molecule has 0 spiro atoms. The van der Waals surface area contributed by atoms with E-state index in [4.69, 9.17) is 0 Å². The normalized spacial score (nSPS) is 12.2. The maximum absolute atomic E-state index is 14.7. The molecule has 0 saturated carbocycles. The first-order valence-electron chi connectivity index (χ1n) is 12.5. The van der Waals surface area contributed by atoms with Crippen LogP contribution in [-0.2, 0) is 32.6 Å². The first kappa shape index (κ1) is 29.8.